The molecule has 3 heterocycles. The van der Waals surface area contributed by atoms with Crippen molar-refractivity contribution in [3.8, 4) is 0 Å². The van der Waals surface area contributed by atoms with Gasteiger partial charge in [0.1, 0.15) is 11.9 Å². The van der Waals surface area contributed by atoms with Crippen LogP contribution in [0.15, 0.2) is 18.3 Å². The van der Waals surface area contributed by atoms with Crippen molar-refractivity contribution in [2.75, 3.05) is 42.9 Å². The van der Waals surface area contributed by atoms with Gasteiger partial charge in [-0.1, -0.05) is 12.8 Å². The van der Waals surface area contributed by atoms with E-state index in [2.05, 4.69) is 20.1 Å². The minimum atomic E-state index is -4.39. The molecule has 3 fully saturated rings. The number of hydrogen-bond acceptors (Lipinski definition) is 4. The lowest BCUT2D eigenvalue weighted by Crippen LogP contribution is -2.50. The summed E-state index contributed by atoms with van der Waals surface area (Å²) < 4.78 is 39.4. The number of nitrogens with one attached hydrogen (secondary N) is 1. The van der Waals surface area contributed by atoms with E-state index < -0.39 is 18.2 Å². The van der Waals surface area contributed by atoms with Crippen LogP contribution in [-0.2, 0) is 0 Å². The van der Waals surface area contributed by atoms with Crippen LogP contribution in [0.1, 0.15) is 38.5 Å². The number of amides is 2. The number of anilines is 2. The third-order valence-corrected chi connectivity index (χ3v) is 6.37. The second-order valence-corrected chi connectivity index (χ2v) is 8.19. The second kappa shape index (κ2) is 8.38. The van der Waals surface area contributed by atoms with Crippen LogP contribution in [0.3, 0.4) is 0 Å². The Kier molecular flexibility index (Phi) is 5.85. The molecule has 2 amide bonds. The zero-order valence-corrected chi connectivity index (χ0v) is 16.5. The molecule has 0 radical (unpaired) electrons. The van der Waals surface area contributed by atoms with E-state index in [4.69, 9.17) is 0 Å². The third kappa shape index (κ3) is 4.60. The van der Waals surface area contributed by atoms with E-state index in [0.29, 0.717) is 18.2 Å². The number of nitrogens with zero attached hydrogens (tertiary/aromatic N) is 4. The summed E-state index contributed by atoms with van der Waals surface area (Å²) in [6, 6.07) is 1.68. The fourth-order valence-electron chi connectivity index (χ4n) is 4.80. The molecule has 1 aromatic heterocycles. The fraction of sp³-hybridized carbons (Fsp3) is 0.700. The molecule has 9 heteroatoms. The standard InChI is InChI=1S/C20H28F3N5O/c21-20(22,23)17-6-3-9-28(17)19(29)25-15-7-8-24-18(14-15)27-12-10-26(11-13-27)16-4-1-2-5-16/h7-8,14,16-17H,1-6,9-13H2,(H,24,25,29). The number of carbonyl (C=O) groups is 1. The molecule has 1 aliphatic carbocycles. The summed E-state index contributed by atoms with van der Waals surface area (Å²) in [6.45, 7) is 3.83. The molecule has 0 spiro atoms. The minimum Gasteiger partial charge on any atom is -0.354 e. The van der Waals surface area contributed by atoms with Gasteiger partial charge in [0, 0.05) is 56.7 Å². The Hall–Kier alpha value is -2.03. The van der Waals surface area contributed by atoms with Gasteiger partial charge in [-0.3, -0.25) is 4.90 Å². The van der Waals surface area contributed by atoms with Crippen molar-refractivity contribution in [2.45, 2.75) is 56.8 Å². The van der Waals surface area contributed by atoms with Crippen LogP contribution in [-0.4, -0.2) is 71.8 Å². The average Bonchev–Trinajstić information content (AvgIpc) is 3.40. The zero-order chi connectivity index (χ0) is 20.4. The van der Waals surface area contributed by atoms with E-state index in [-0.39, 0.29) is 13.0 Å². The van der Waals surface area contributed by atoms with Crippen LogP contribution >= 0.6 is 0 Å². The van der Waals surface area contributed by atoms with Crippen LogP contribution in [0.25, 0.3) is 0 Å². The summed E-state index contributed by atoms with van der Waals surface area (Å²) in [5.41, 5.74) is 0.478. The predicted octanol–water partition coefficient (Wildman–Crippen LogP) is 3.70. The van der Waals surface area contributed by atoms with Gasteiger partial charge in [-0.05, 0) is 31.7 Å². The van der Waals surface area contributed by atoms with Gasteiger partial charge in [0.15, 0.2) is 0 Å². The number of urea groups is 1. The van der Waals surface area contributed by atoms with Crippen LogP contribution in [0.5, 0.6) is 0 Å². The molecule has 1 aromatic rings. The number of pyridine rings is 1. The topological polar surface area (TPSA) is 51.7 Å². The van der Waals surface area contributed by atoms with Crippen LogP contribution in [0.4, 0.5) is 29.5 Å². The summed E-state index contributed by atoms with van der Waals surface area (Å²) in [7, 11) is 0. The highest BCUT2D eigenvalue weighted by atomic mass is 19.4. The molecule has 1 unspecified atom stereocenters. The largest absolute Gasteiger partial charge is 0.408 e. The monoisotopic (exact) mass is 411 g/mol. The first-order valence-corrected chi connectivity index (χ1v) is 10.5. The van der Waals surface area contributed by atoms with Gasteiger partial charge in [-0.15, -0.1) is 0 Å². The Labute approximate surface area is 169 Å². The number of hydrogen-bond donors (Lipinski definition) is 1. The molecule has 0 bridgehead atoms. The van der Waals surface area contributed by atoms with E-state index in [1.165, 1.54) is 25.7 Å². The van der Waals surface area contributed by atoms with Crippen LogP contribution < -0.4 is 10.2 Å². The first-order valence-electron chi connectivity index (χ1n) is 10.5. The first kappa shape index (κ1) is 20.3. The maximum atomic E-state index is 13.1. The number of halogens is 3. The first-order chi connectivity index (χ1) is 13.9. The molecule has 3 aliphatic rings. The number of piperazine rings is 1. The number of alkyl halides is 3. The van der Waals surface area contributed by atoms with Crippen molar-refractivity contribution in [3.63, 3.8) is 0 Å². The molecule has 2 aliphatic heterocycles. The second-order valence-electron chi connectivity index (χ2n) is 8.19. The summed E-state index contributed by atoms with van der Waals surface area (Å²) in [5.74, 6) is 0.752. The molecular formula is C20H28F3N5O. The molecule has 4 rings (SSSR count). The quantitative estimate of drug-likeness (QED) is 0.824. The molecule has 1 saturated carbocycles. The average molecular weight is 411 g/mol. The Balaban J connectivity index is 1.36. The van der Waals surface area contributed by atoms with Gasteiger partial charge >= 0.3 is 12.2 Å². The number of carbonyl (C=O) groups excluding carboxylic acids is 1. The van der Waals surface area contributed by atoms with Crippen molar-refractivity contribution in [3.05, 3.63) is 18.3 Å². The van der Waals surface area contributed by atoms with Gasteiger partial charge in [0.05, 0.1) is 0 Å². The summed E-state index contributed by atoms with van der Waals surface area (Å²) in [6.07, 6.45) is 2.75. The zero-order valence-electron chi connectivity index (χ0n) is 16.5. The van der Waals surface area contributed by atoms with E-state index in [1.807, 2.05) is 0 Å². The smallest absolute Gasteiger partial charge is 0.354 e. The van der Waals surface area contributed by atoms with Crippen molar-refractivity contribution >= 4 is 17.5 Å². The number of rotatable bonds is 3. The van der Waals surface area contributed by atoms with Gasteiger partial charge in [-0.25, -0.2) is 9.78 Å². The van der Waals surface area contributed by atoms with Gasteiger partial charge in [0.25, 0.3) is 0 Å². The number of aromatic nitrogens is 1. The molecule has 2 saturated heterocycles. The van der Waals surface area contributed by atoms with Crippen molar-refractivity contribution in [1.82, 2.24) is 14.8 Å². The SMILES string of the molecule is O=C(Nc1ccnc(N2CCN(C3CCCC3)CC2)c1)N1CCCC1C(F)(F)F. The van der Waals surface area contributed by atoms with Gasteiger partial charge < -0.3 is 15.1 Å². The summed E-state index contributed by atoms with van der Waals surface area (Å²) >= 11 is 0. The predicted molar refractivity (Wildman–Crippen MR) is 105 cm³/mol. The van der Waals surface area contributed by atoms with E-state index in [1.54, 1.807) is 18.3 Å². The van der Waals surface area contributed by atoms with E-state index in [0.717, 1.165) is 36.9 Å². The van der Waals surface area contributed by atoms with Crippen molar-refractivity contribution in [2.24, 2.45) is 0 Å². The maximum absolute atomic E-state index is 13.1. The Morgan fingerprint density at radius 2 is 1.76 bits per heavy atom. The minimum absolute atomic E-state index is 0.0379. The summed E-state index contributed by atoms with van der Waals surface area (Å²) in [5, 5.41) is 2.63. The lowest BCUT2D eigenvalue weighted by Gasteiger charge is -2.38. The Morgan fingerprint density at radius 1 is 1.03 bits per heavy atom. The van der Waals surface area contributed by atoms with Gasteiger partial charge in [0.2, 0.25) is 0 Å². The van der Waals surface area contributed by atoms with E-state index in [9.17, 15) is 18.0 Å². The third-order valence-electron chi connectivity index (χ3n) is 6.37. The van der Waals surface area contributed by atoms with E-state index >= 15 is 0 Å². The maximum Gasteiger partial charge on any atom is 0.408 e. The Morgan fingerprint density at radius 3 is 2.45 bits per heavy atom. The molecular weight excluding hydrogens is 383 g/mol. The highest BCUT2D eigenvalue weighted by Crippen LogP contribution is 2.33. The van der Waals surface area contributed by atoms with Gasteiger partial charge in [-0.2, -0.15) is 13.2 Å². The molecule has 29 heavy (non-hydrogen) atoms. The molecule has 6 nitrogen and oxygen atoms in total. The highest BCUT2D eigenvalue weighted by Gasteiger charge is 2.47. The normalized spacial score (nSPS) is 24.3. The Bertz CT molecular complexity index is 714. The number of likely N-dealkylation sites (tertiary alicyclic amines) is 1. The highest BCUT2D eigenvalue weighted by molar-refractivity contribution is 5.90. The lowest BCUT2D eigenvalue weighted by atomic mass is 10.2. The molecule has 1 atom stereocenters. The summed E-state index contributed by atoms with van der Waals surface area (Å²) in [4.78, 5) is 22.5. The molecule has 160 valence electrons. The van der Waals surface area contributed by atoms with Crippen LogP contribution in [0, 0.1) is 0 Å². The lowest BCUT2D eigenvalue weighted by molar-refractivity contribution is -0.168. The van der Waals surface area contributed by atoms with Crippen molar-refractivity contribution < 1.29 is 18.0 Å². The van der Waals surface area contributed by atoms with Crippen molar-refractivity contribution in [1.29, 1.82) is 0 Å². The molecule has 1 N–H and O–H groups in total. The molecule has 0 aromatic carbocycles. The fourth-order valence-corrected chi connectivity index (χ4v) is 4.80. The van der Waals surface area contributed by atoms with Crippen LogP contribution in [0.2, 0.25) is 0 Å².